The fourth-order valence-electron chi connectivity index (χ4n) is 2.34. The molecule has 2 aromatic rings. The average molecular weight is 304 g/mol. The Morgan fingerprint density at radius 2 is 1.95 bits per heavy atom. The molecule has 3 heteroatoms. The molecule has 0 radical (unpaired) electrons. The van der Waals surface area contributed by atoms with Crippen LogP contribution in [0, 0.1) is 0 Å². The minimum Gasteiger partial charge on any atom is -0.492 e. The molecule has 1 atom stereocenters. The summed E-state index contributed by atoms with van der Waals surface area (Å²) in [6, 6.07) is 16.4. The molecule has 0 aliphatic rings. The van der Waals surface area contributed by atoms with Gasteiger partial charge >= 0.3 is 0 Å². The van der Waals surface area contributed by atoms with Crippen LogP contribution in [-0.4, -0.2) is 13.7 Å². The second-order valence-electron chi connectivity index (χ2n) is 5.10. The number of rotatable bonds is 7. The Bertz CT molecular complexity index is 571. The summed E-state index contributed by atoms with van der Waals surface area (Å²) in [7, 11) is 1.96. The number of benzene rings is 2. The van der Waals surface area contributed by atoms with Crippen LogP contribution in [0.25, 0.3) is 0 Å². The third-order valence-corrected chi connectivity index (χ3v) is 3.69. The molecular weight excluding hydrogens is 282 g/mol. The molecule has 0 saturated carbocycles. The molecule has 0 aliphatic heterocycles. The highest BCUT2D eigenvalue weighted by molar-refractivity contribution is 6.30. The summed E-state index contributed by atoms with van der Waals surface area (Å²) in [5.74, 6) is 0.799. The number of hydrogen-bond acceptors (Lipinski definition) is 2. The SMILES string of the molecule is CCCc1cccc(C(COc2cccc(Cl)c2)NC)c1. The zero-order chi connectivity index (χ0) is 15.1. The monoisotopic (exact) mass is 303 g/mol. The van der Waals surface area contributed by atoms with Gasteiger partial charge in [-0.25, -0.2) is 0 Å². The highest BCUT2D eigenvalue weighted by Crippen LogP contribution is 2.20. The molecule has 0 spiro atoms. The number of halogens is 1. The molecule has 0 fully saturated rings. The topological polar surface area (TPSA) is 21.3 Å². The highest BCUT2D eigenvalue weighted by atomic mass is 35.5. The van der Waals surface area contributed by atoms with E-state index in [0.29, 0.717) is 11.6 Å². The maximum atomic E-state index is 5.97. The molecule has 1 N–H and O–H groups in total. The Kier molecular flexibility index (Phi) is 6.09. The number of hydrogen-bond donors (Lipinski definition) is 1. The van der Waals surface area contributed by atoms with Gasteiger partial charge in [0.05, 0.1) is 6.04 Å². The van der Waals surface area contributed by atoms with Crippen molar-refractivity contribution >= 4 is 11.6 Å². The quantitative estimate of drug-likeness (QED) is 0.805. The van der Waals surface area contributed by atoms with E-state index in [1.807, 2.05) is 31.3 Å². The van der Waals surface area contributed by atoms with Crippen LogP contribution in [0.2, 0.25) is 5.02 Å². The van der Waals surface area contributed by atoms with Crippen molar-refractivity contribution < 1.29 is 4.74 Å². The van der Waals surface area contributed by atoms with E-state index in [1.54, 1.807) is 0 Å². The van der Waals surface area contributed by atoms with Crippen LogP contribution >= 0.6 is 11.6 Å². The first-order chi connectivity index (χ1) is 10.2. The van der Waals surface area contributed by atoms with Crippen LogP contribution < -0.4 is 10.1 Å². The van der Waals surface area contributed by atoms with Gasteiger partial charge in [-0.1, -0.05) is 55.3 Å². The third kappa shape index (κ3) is 4.76. The van der Waals surface area contributed by atoms with Crippen LogP contribution in [-0.2, 0) is 6.42 Å². The Balaban J connectivity index is 2.04. The maximum absolute atomic E-state index is 5.97. The number of ether oxygens (including phenoxy) is 1. The Labute approximate surface area is 132 Å². The summed E-state index contributed by atoms with van der Waals surface area (Å²) in [4.78, 5) is 0. The summed E-state index contributed by atoms with van der Waals surface area (Å²) >= 11 is 5.97. The van der Waals surface area contributed by atoms with Crippen LogP contribution in [0.3, 0.4) is 0 Å². The highest BCUT2D eigenvalue weighted by Gasteiger charge is 2.10. The van der Waals surface area contributed by atoms with Crippen LogP contribution in [0.15, 0.2) is 48.5 Å². The van der Waals surface area contributed by atoms with Gasteiger partial charge in [-0.05, 0) is 42.8 Å². The van der Waals surface area contributed by atoms with E-state index < -0.39 is 0 Å². The maximum Gasteiger partial charge on any atom is 0.120 e. The molecule has 2 rings (SSSR count). The van der Waals surface area contributed by atoms with Gasteiger partial charge in [0.1, 0.15) is 12.4 Å². The molecule has 0 amide bonds. The van der Waals surface area contributed by atoms with E-state index in [1.165, 1.54) is 11.1 Å². The minimum atomic E-state index is 0.167. The summed E-state index contributed by atoms with van der Waals surface area (Å²) < 4.78 is 5.85. The average Bonchev–Trinajstić information content (AvgIpc) is 2.49. The smallest absolute Gasteiger partial charge is 0.120 e. The largest absolute Gasteiger partial charge is 0.492 e. The molecule has 0 saturated heterocycles. The lowest BCUT2D eigenvalue weighted by Gasteiger charge is -2.18. The van der Waals surface area contributed by atoms with Gasteiger partial charge in [0, 0.05) is 5.02 Å². The zero-order valence-corrected chi connectivity index (χ0v) is 13.4. The van der Waals surface area contributed by atoms with E-state index in [4.69, 9.17) is 16.3 Å². The normalized spacial score (nSPS) is 12.1. The summed E-state index contributed by atoms with van der Waals surface area (Å²) in [6.45, 7) is 2.77. The van der Waals surface area contributed by atoms with Crippen molar-refractivity contribution in [2.75, 3.05) is 13.7 Å². The van der Waals surface area contributed by atoms with Gasteiger partial charge in [-0.15, -0.1) is 0 Å². The van der Waals surface area contributed by atoms with Crippen LogP contribution in [0.1, 0.15) is 30.5 Å². The molecule has 2 aromatic carbocycles. The number of likely N-dealkylation sites (N-methyl/N-ethyl adjacent to an activating group) is 1. The summed E-state index contributed by atoms with van der Waals surface area (Å²) in [6.07, 6.45) is 2.27. The predicted octanol–water partition coefficient (Wildman–Crippen LogP) is 4.63. The summed E-state index contributed by atoms with van der Waals surface area (Å²) in [5, 5.41) is 4.01. The van der Waals surface area contributed by atoms with Gasteiger partial charge in [0.25, 0.3) is 0 Å². The lowest BCUT2D eigenvalue weighted by Crippen LogP contribution is -2.23. The van der Waals surface area contributed by atoms with Crippen molar-refractivity contribution in [1.82, 2.24) is 5.32 Å². The van der Waals surface area contributed by atoms with Gasteiger partial charge in [-0.2, -0.15) is 0 Å². The number of nitrogens with one attached hydrogen (secondary N) is 1. The molecule has 112 valence electrons. The Hall–Kier alpha value is -1.51. The minimum absolute atomic E-state index is 0.167. The van der Waals surface area contributed by atoms with Crippen LogP contribution in [0.5, 0.6) is 5.75 Å². The molecule has 21 heavy (non-hydrogen) atoms. The second kappa shape index (κ2) is 8.06. The van der Waals surface area contributed by atoms with Crippen molar-refractivity contribution in [3.63, 3.8) is 0 Å². The molecular formula is C18H22ClNO. The molecule has 0 aromatic heterocycles. The van der Waals surface area contributed by atoms with Gasteiger partial charge in [0.2, 0.25) is 0 Å². The van der Waals surface area contributed by atoms with Crippen LogP contribution in [0.4, 0.5) is 0 Å². The van der Waals surface area contributed by atoms with E-state index in [-0.39, 0.29) is 6.04 Å². The fourth-order valence-corrected chi connectivity index (χ4v) is 2.52. The third-order valence-electron chi connectivity index (χ3n) is 3.45. The summed E-state index contributed by atoms with van der Waals surface area (Å²) in [5.41, 5.74) is 2.63. The van der Waals surface area contributed by atoms with E-state index >= 15 is 0 Å². The fraction of sp³-hybridized carbons (Fsp3) is 0.333. The van der Waals surface area contributed by atoms with Crippen molar-refractivity contribution in [2.24, 2.45) is 0 Å². The first-order valence-electron chi connectivity index (χ1n) is 7.37. The van der Waals surface area contributed by atoms with E-state index in [2.05, 4.69) is 36.5 Å². The molecule has 1 unspecified atom stereocenters. The van der Waals surface area contributed by atoms with Crippen molar-refractivity contribution in [1.29, 1.82) is 0 Å². The lowest BCUT2D eigenvalue weighted by atomic mass is 10.0. The van der Waals surface area contributed by atoms with E-state index in [9.17, 15) is 0 Å². The molecule has 0 aliphatic carbocycles. The predicted molar refractivity (Wildman–Crippen MR) is 89.2 cm³/mol. The lowest BCUT2D eigenvalue weighted by molar-refractivity contribution is 0.273. The molecule has 0 heterocycles. The first-order valence-corrected chi connectivity index (χ1v) is 7.75. The first kappa shape index (κ1) is 15.9. The zero-order valence-electron chi connectivity index (χ0n) is 12.6. The molecule has 0 bridgehead atoms. The standard InChI is InChI=1S/C18H22ClNO/c1-3-6-14-7-4-8-15(11-14)18(20-2)13-21-17-10-5-9-16(19)12-17/h4-5,7-12,18,20H,3,6,13H2,1-2H3. The van der Waals surface area contributed by atoms with Gasteiger partial charge < -0.3 is 10.1 Å². The second-order valence-corrected chi connectivity index (χ2v) is 5.54. The number of aryl methyl sites for hydroxylation is 1. The van der Waals surface area contributed by atoms with E-state index in [0.717, 1.165) is 18.6 Å². The van der Waals surface area contributed by atoms with Crippen molar-refractivity contribution in [3.05, 3.63) is 64.7 Å². The van der Waals surface area contributed by atoms with Gasteiger partial charge in [-0.3, -0.25) is 0 Å². The van der Waals surface area contributed by atoms with Crippen molar-refractivity contribution in [3.8, 4) is 5.75 Å². The molecule has 2 nitrogen and oxygen atoms in total. The van der Waals surface area contributed by atoms with Crippen molar-refractivity contribution in [2.45, 2.75) is 25.8 Å². The van der Waals surface area contributed by atoms with Gasteiger partial charge in [0.15, 0.2) is 0 Å². The Morgan fingerprint density at radius 3 is 2.67 bits per heavy atom. The Morgan fingerprint density at radius 1 is 1.14 bits per heavy atom.